The second-order valence-electron chi connectivity index (χ2n) is 5.85. The Bertz CT molecular complexity index is 552. The number of Topliss-reactive ketones (excluding diaryl/α,β-unsaturated/α-hetero) is 1. The van der Waals surface area contributed by atoms with Gasteiger partial charge in [0.2, 0.25) is 0 Å². The number of carbonyl (C=O) groups is 2. The molecule has 0 aliphatic carbocycles. The van der Waals surface area contributed by atoms with Crippen molar-refractivity contribution in [2.75, 3.05) is 32.8 Å². The summed E-state index contributed by atoms with van der Waals surface area (Å²) in [6, 6.07) is 6.95. The molecule has 22 heavy (non-hydrogen) atoms. The van der Waals surface area contributed by atoms with E-state index >= 15 is 0 Å². The van der Waals surface area contributed by atoms with Crippen molar-refractivity contribution in [1.29, 1.82) is 0 Å². The van der Waals surface area contributed by atoms with Gasteiger partial charge in [-0.1, -0.05) is 12.1 Å². The van der Waals surface area contributed by atoms with Crippen LogP contribution in [0.1, 0.15) is 17.3 Å². The second-order valence-corrected chi connectivity index (χ2v) is 5.85. The van der Waals surface area contributed by atoms with Crippen molar-refractivity contribution in [2.24, 2.45) is 11.8 Å². The van der Waals surface area contributed by atoms with Gasteiger partial charge in [-0.3, -0.25) is 9.59 Å². The van der Waals surface area contributed by atoms with E-state index in [0.29, 0.717) is 23.1 Å². The van der Waals surface area contributed by atoms with Crippen LogP contribution < -0.4 is 10.1 Å². The van der Waals surface area contributed by atoms with Gasteiger partial charge >= 0.3 is 0 Å². The maximum Gasteiger partial charge on any atom is 0.260 e. The van der Waals surface area contributed by atoms with Gasteiger partial charge in [0, 0.05) is 31.7 Å². The lowest BCUT2D eigenvalue weighted by molar-refractivity contribution is -0.132. The number of ketones is 1. The first-order valence-electron chi connectivity index (χ1n) is 7.36. The molecular weight excluding hydrogens is 304 g/mol. The summed E-state index contributed by atoms with van der Waals surface area (Å²) in [5, 5.41) is 3.36. The lowest BCUT2D eigenvalue weighted by Crippen LogP contribution is -2.35. The van der Waals surface area contributed by atoms with E-state index in [0.717, 1.165) is 26.2 Å². The number of amides is 1. The highest BCUT2D eigenvalue weighted by atomic mass is 35.5. The van der Waals surface area contributed by atoms with Crippen LogP contribution in [-0.2, 0) is 4.79 Å². The molecule has 0 aromatic heterocycles. The van der Waals surface area contributed by atoms with Crippen molar-refractivity contribution in [3.63, 3.8) is 0 Å². The van der Waals surface area contributed by atoms with Crippen molar-refractivity contribution in [3.8, 4) is 5.75 Å². The Morgan fingerprint density at radius 3 is 2.59 bits per heavy atom. The molecule has 0 saturated carbocycles. The molecule has 2 aliphatic rings. The maximum atomic E-state index is 12.2. The van der Waals surface area contributed by atoms with Crippen molar-refractivity contribution in [3.05, 3.63) is 29.8 Å². The first-order chi connectivity index (χ1) is 10.1. The van der Waals surface area contributed by atoms with Crippen LogP contribution in [0.3, 0.4) is 0 Å². The number of ether oxygens (including phenoxy) is 1. The smallest absolute Gasteiger partial charge is 0.260 e. The van der Waals surface area contributed by atoms with E-state index in [-0.39, 0.29) is 30.7 Å². The van der Waals surface area contributed by atoms with E-state index in [9.17, 15) is 9.59 Å². The van der Waals surface area contributed by atoms with Gasteiger partial charge in [-0.2, -0.15) is 0 Å². The zero-order chi connectivity index (χ0) is 14.8. The van der Waals surface area contributed by atoms with Gasteiger partial charge in [-0.05, 0) is 30.9 Å². The van der Waals surface area contributed by atoms with Crippen molar-refractivity contribution < 1.29 is 14.3 Å². The predicted octanol–water partition coefficient (Wildman–Crippen LogP) is 1.37. The lowest BCUT2D eigenvalue weighted by atomic mass is 10.0. The molecule has 6 heteroatoms. The SMILES string of the molecule is CC(=O)c1cccc(OCC(=O)N2C[C@H]3CNC[C@H]3C2)c1.Cl. The van der Waals surface area contributed by atoms with Crippen LogP contribution >= 0.6 is 12.4 Å². The topological polar surface area (TPSA) is 58.6 Å². The summed E-state index contributed by atoms with van der Waals surface area (Å²) in [6.45, 7) is 5.22. The molecule has 0 spiro atoms. The third kappa shape index (κ3) is 3.59. The third-order valence-electron chi connectivity index (χ3n) is 4.35. The first kappa shape index (κ1) is 16.8. The zero-order valence-corrected chi connectivity index (χ0v) is 13.4. The number of nitrogens with zero attached hydrogens (tertiary/aromatic N) is 1. The van der Waals surface area contributed by atoms with Crippen LogP contribution in [0.5, 0.6) is 5.75 Å². The van der Waals surface area contributed by atoms with E-state index in [2.05, 4.69) is 5.32 Å². The number of rotatable bonds is 4. The van der Waals surface area contributed by atoms with Crippen molar-refractivity contribution >= 4 is 24.1 Å². The Kier molecular flexibility index (Phi) is 5.42. The first-order valence-corrected chi connectivity index (χ1v) is 7.36. The van der Waals surface area contributed by atoms with Crippen LogP contribution in [0.15, 0.2) is 24.3 Å². The predicted molar refractivity (Wildman–Crippen MR) is 85.6 cm³/mol. The number of likely N-dealkylation sites (tertiary alicyclic amines) is 1. The number of fused-ring (bicyclic) bond motifs is 1. The van der Waals surface area contributed by atoms with Gasteiger partial charge in [0.1, 0.15) is 5.75 Å². The van der Waals surface area contributed by atoms with Crippen LogP contribution in [-0.4, -0.2) is 49.4 Å². The number of benzene rings is 1. The fourth-order valence-corrected chi connectivity index (χ4v) is 3.10. The fourth-order valence-electron chi connectivity index (χ4n) is 3.10. The standard InChI is InChI=1S/C16H20N2O3.ClH/c1-11(19)12-3-2-4-15(5-12)21-10-16(20)18-8-13-6-17-7-14(13)9-18;/h2-5,13-14,17H,6-10H2,1H3;1H/t13-,14+;. The molecule has 120 valence electrons. The molecule has 2 heterocycles. The van der Waals surface area contributed by atoms with E-state index < -0.39 is 0 Å². The van der Waals surface area contributed by atoms with Gasteiger partial charge in [0.15, 0.2) is 12.4 Å². The summed E-state index contributed by atoms with van der Waals surface area (Å²) in [5.41, 5.74) is 0.599. The summed E-state index contributed by atoms with van der Waals surface area (Å²) in [5.74, 6) is 1.77. The summed E-state index contributed by atoms with van der Waals surface area (Å²) < 4.78 is 5.53. The minimum Gasteiger partial charge on any atom is -0.484 e. The number of hydrogen-bond acceptors (Lipinski definition) is 4. The number of halogens is 1. The largest absolute Gasteiger partial charge is 0.484 e. The highest BCUT2D eigenvalue weighted by molar-refractivity contribution is 5.94. The molecule has 2 fully saturated rings. The fraction of sp³-hybridized carbons (Fsp3) is 0.500. The normalized spacial score (nSPS) is 22.9. The summed E-state index contributed by atoms with van der Waals surface area (Å²) in [4.78, 5) is 25.4. The van der Waals surface area contributed by atoms with E-state index in [4.69, 9.17) is 4.74 Å². The Labute approximate surface area is 136 Å². The average Bonchev–Trinajstić information content (AvgIpc) is 3.06. The summed E-state index contributed by atoms with van der Waals surface area (Å²) >= 11 is 0. The Balaban J connectivity index is 0.00000176. The molecule has 3 rings (SSSR count). The Hall–Kier alpha value is -1.59. The third-order valence-corrected chi connectivity index (χ3v) is 4.35. The number of carbonyl (C=O) groups excluding carboxylic acids is 2. The quantitative estimate of drug-likeness (QED) is 0.850. The van der Waals surface area contributed by atoms with Gasteiger partial charge < -0.3 is 15.0 Å². The molecule has 0 radical (unpaired) electrons. The lowest BCUT2D eigenvalue weighted by Gasteiger charge is -2.17. The highest BCUT2D eigenvalue weighted by Crippen LogP contribution is 2.26. The van der Waals surface area contributed by atoms with Crippen LogP contribution in [0.4, 0.5) is 0 Å². The highest BCUT2D eigenvalue weighted by Gasteiger charge is 2.37. The Morgan fingerprint density at radius 1 is 1.27 bits per heavy atom. The minimum atomic E-state index is -0.00774. The Morgan fingerprint density at radius 2 is 1.95 bits per heavy atom. The van der Waals surface area contributed by atoms with E-state index in [1.54, 1.807) is 24.3 Å². The number of nitrogens with one attached hydrogen (secondary N) is 1. The molecular formula is C16H21ClN2O3. The van der Waals surface area contributed by atoms with Gasteiger partial charge in [-0.25, -0.2) is 0 Å². The monoisotopic (exact) mass is 324 g/mol. The molecule has 2 aliphatic heterocycles. The molecule has 1 aromatic rings. The van der Waals surface area contributed by atoms with Crippen LogP contribution in [0, 0.1) is 11.8 Å². The van der Waals surface area contributed by atoms with Crippen molar-refractivity contribution in [1.82, 2.24) is 10.2 Å². The molecule has 0 bridgehead atoms. The van der Waals surface area contributed by atoms with E-state index in [1.165, 1.54) is 6.92 Å². The van der Waals surface area contributed by atoms with Crippen LogP contribution in [0.25, 0.3) is 0 Å². The second kappa shape index (κ2) is 7.11. The summed E-state index contributed by atoms with van der Waals surface area (Å²) in [7, 11) is 0. The van der Waals surface area contributed by atoms with Crippen LogP contribution in [0.2, 0.25) is 0 Å². The maximum absolute atomic E-state index is 12.2. The molecule has 0 unspecified atom stereocenters. The van der Waals surface area contributed by atoms with Gasteiger partial charge in [-0.15, -0.1) is 12.4 Å². The molecule has 1 amide bonds. The van der Waals surface area contributed by atoms with Gasteiger partial charge in [0.25, 0.3) is 5.91 Å². The molecule has 5 nitrogen and oxygen atoms in total. The molecule has 1 aromatic carbocycles. The van der Waals surface area contributed by atoms with Crippen molar-refractivity contribution in [2.45, 2.75) is 6.92 Å². The van der Waals surface area contributed by atoms with Gasteiger partial charge in [0.05, 0.1) is 0 Å². The number of hydrogen-bond donors (Lipinski definition) is 1. The zero-order valence-electron chi connectivity index (χ0n) is 12.6. The molecule has 2 atom stereocenters. The summed E-state index contributed by atoms with van der Waals surface area (Å²) in [6.07, 6.45) is 0. The molecule has 2 saturated heterocycles. The minimum absolute atomic E-state index is 0. The molecule has 1 N–H and O–H groups in total. The average molecular weight is 325 g/mol. The van der Waals surface area contributed by atoms with E-state index in [1.807, 2.05) is 4.90 Å².